The summed E-state index contributed by atoms with van der Waals surface area (Å²) in [5, 5.41) is 16.0. The van der Waals surface area contributed by atoms with E-state index in [-0.39, 0.29) is 40.2 Å². The van der Waals surface area contributed by atoms with Crippen molar-refractivity contribution in [1.82, 2.24) is 14.5 Å². The van der Waals surface area contributed by atoms with Crippen LogP contribution in [0, 0.1) is 6.92 Å². The van der Waals surface area contributed by atoms with Crippen LogP contribution in [0.25, 0.3) is 0 Å². The Morgan fingerprint density at radius 2 is 1.74 bits per heavy atom. The van der Waals surface area contributed by atoms with Crippen molar-refractivity contribution in [2.45, 2.75) is 64.2 Å². The molecular weight excluding hydrogens is 581 g/mol. The molecule has 0 aliphatic carbocycles. The highest BCUT2D eigenvalue weighted by molar-refractivity contribution is 7.89. The second-order valence-electron chi connectivity index (χ2n) is 9.68. The number of hydrogen-bond donors (Lipinski definition) is 3. The van der Waals surface area contributed by atoms with Gasteiger partial charge in [0.05, 0.1) is 18.7 Å². The van der Waals surface area contributed by atoms with Gasteiger partial charge in [0.2, 0.25) is 15.9 Å². The molecule has 0 bridgehead atoms. The van der Waals surface area contributed by atoms with Gasteiger partial charge >= 0.3 is 12.1 Å². The molecule has 1 atom stereocenters. The molecule has 0 fully saturated rings. The molecule has 3 N–H and O–H groups in total. The fourth-order valence-corrected chi connectivity index (χ4v) is 5.33. The number of anilines is 1. The minimum absolute atomic E-state index is 0.00270. The fourth-order valence-electron chi connectivity index (χ4n) is 3.85. The van der Waals surface area contributed by atoms with Crippen molar-refractivity contribution >= 4 is 27.6 Å². The number of aromatic carboxylic acids is 1. The molecule has 3 rings (SSSR count). The number of benzene rings is 2. The van der Waals surface area contributed by atoms with Gasteiger partial charge in [-0.1, -0.05) is 6.92 Å². The predicted octanol–water partition coefficient (Wildman–Crippen LogP) is 5.62. The second-order valence-corrected chi connectivity index (χ2v) is 11.4. The number of carboxylic acid groups (broad SMARTS) is 1. The molecule has 228 valence electrons. The van der Waals surface area contributed by atoms with Gasteiger partial charge in [-0.3, -0.25) is 4.79 Å². The third-order valence-electron chi connectivity index (χ3n) is 6.22. The molecule has 0 aliphatic rings. The van der Waals surface area contributed by atoms with Crippen molar-refractivity contribution in [1.29, 1.82) is 0 Å². The van der Waals surface area contributed by atoms with E-state index in [1.165, 1.54) is 23.7 Å². The predicted molar refractivity (Wildman–Crippen MR) is 147 cm³/mol. The monoisotopic (exact) mass is 612 g/mol. The summed E-state index contributed by atoms with van der Waals surface area (Å²) in [7, 11) is -3.20. The number of aromatic nitrogens is 2. The zero-order valence-corrected chi connectivity index (χ0v) is 24.5. The molecule has 0 aliphatic heterocycles. The van der Waals surface area contributed by atoms with Crippen molar-refractivity contribution in [2.75, 3.05) is 12.4 Å². The van der Waals surface area contributed by atoms with Gasteiger partial charge in [-0.05, 0) is 70.5 Å². The third-order valence-corrected chi connectivity index (χ3v) is 7.83. The third kappa shape index (κ3) is 7.02. The van der Waals surface area contributed by atoms with Crippen LogP contribution in [0.2, 0.25) is 0 Å². The lowest BCUT2D eigenvalue weighted by Gasteiger charge is -2.18. The Kier molecular flexibility index (Phi) is 9.57. The Morgan fingerprint density at radius 3 is 2.29 bits per heavy atom. The summed E-state index contributed by atoms with van der Waals surface area (Å²) < 4.78 is 81.7. The van der Waals surface area contributed by atoms with E-state index in [9.17, 15) is 36.3 Å². The normalized spacial score (nSPS) is 12.7. The number of sulfonamides is 1. The lowest BCUT2D eigenvalue weighted by molar-refractivity contribution is -0.138. The number of nitrogens with one attached hydrogen (secondary N) is 2. The molecule has 1 aromatic heterocycles. The van der Waals surface area contributed by atoms with Gasteiger partial charge in [0.15, 0.2) is 5.69 Å². The summed E-state index contributed by atoms with van der Waals surface area (Å²) >= 11 is 0. The second kappa shape index (κ2) is 12.4. The van der Waals surface area contributed by atoms with E-state index < -0.39 is 50.3 Å². The number of rotatable bonds is 11. The quantitative estimate of drug-likeness (QED) is 0.253. The lowest BCUT2D eigenvalue weighted by Crippen LogP contribution is -2.32. The molecule has 0 saturated heterocycles. The Morgan fingerprint density at radius 1 is 1.10 bits per heavy atom. The van der Waals surface area contributed by atoms with Crippen LogP contribution in [0.15, 0.2) is 41.3 Å². The minimum atomic E-state index is -4.79. The lowest BCUT2D eigenvalue weighted by atomic mass is 10.1. The van der Waals surface area contributed by atoms with Gasteiger partial charge in [0.1, 0.15) is 16.4 Å². The topological polar surface area (TPSA) is 149 Å². The first-order valence-electron chi connectivity index (χ1n) is 12.7. The zero-order chi connectivity index (χ0) is 31.6. The van der Waals surface area contributed by atoms with Crippen molar-refractivity contribution < 1.29 is 45.8 Å². The average molecular weight is 613 g/mol. The standard InChI is InChI=1S/C27H31F3N4O7S/c1-7-15(4)33-42(38,39)22-13-18(31-24(35)17-8-10-20(40-6)19(12-17)27(28,29)30)9-11-21(22)41-25-16(5)23(26(36)37)32-34(25)14(2)3/h8-15,33H,7H2,1-6H3,(H,31,35)(H,36,37)/t15-/m0/s1. The van der Waals surface area contributed by atoms with Crippen LogP contribution >= 0.6 is 0 Å². The van der Waals surface area contributed by atoms with E-state index in [1.807, 2.05) is 0 Å². The molecule has 42 heavy (non-hydrogen) atoms. The molecule has 0 spiro atoms. The largest absolute Gasteiger partial charge is 0.496 e. The number of alkyl halides is 3. The Hall–Kier alpha value is -4.11. The van der Waals surface area contributed by atoms with E-state index >= 15 is 0 Å². The molecule has 2 aromatic carbocycles. The highest BCUT2D eigenvalue weighted by Crippen LogP contribution is 2.38. The SMILES string of the molecule is CC[C@H](C)NS(=O)(=O)c1cc(NC(=O)c2ccc(OC)c(C(F)(F)F)c2)ccc1Oc1c(C)c(C(=O)O)nn1C(C)C. The molecule has 0 saturated carbocycles. The van der Waals surface area contributed by atoms with Crippen LogP contribution in [0.3, 0.4) is 0 Å². The van der Waals surface area contributed by atoms with Gasteiger partial charge in [-0.15, -0.1) is 0 Å². The van der Waals surface area contributed by atoms with Crippen molar-refractivity contribution in [3.05, 3.63) is 58.8 Å². The van der Waals surface area contributed by atoms with E-state index in [4.69, 9.17) is 9.47 Å². The molecule has 1 heterocycles. The fraction of sp³-hybridized carbons (Fsp3) is 0.370. The van der Waals surface area contributed by atoms with Gasteiger partial charge < -0.3 is 19.9 Å². The molecule has 0 radical (unpaired) electrons. The van der Waals surface area contributed by atoms with Gasteiger partial charge in [0, 0.05) is 22.9 Å². The number of ether oxygens (including phenoxy) is 2. The van der Waals surface area contributed by atoms with Crippen molar-refractivity contribution in [3.8, 4) is 17.4 Å². The highest BCUT2D eigenvalue weighted by atomic mass is 32.2. The smallest absolute Gasteiger partial charge is 0.419 e. The minimum Gasteiger partial charge on any atom is -0.496 e. The first kappa shape index (κ1) is 32.4. The maximum Gasteiger partial charge on any atom is 0.419 e. The number of carbonyl (C=O) groups is 2. The number of carbonyl (C=O) groups excluding carboxylic acids is 1. The van der Waals surface area contributed by atoms with E-state index in [1.54, 1.807) is 27.7 Å². The van der Waals surface area contributed by atoms with Crippen LogP contribution < -0.4 is 19.5 Å². The van der Waals surface area contributed by atoms with Crippen LogP contribution in [0.5, 0.6) is 17.4 Å². The van der Waals surface area contributed by atoms with Crippen LogP contribution in [-0.2, 0) is 16.2 Å². The van der Waals surface area contributed by atoms with Crippen molar-refractivity contribution in [2.24, 2.45) is 0 Å². The average Bonchev–Trinajstić information content (AvgIpc) is 3.24. The van der Waals surface area contributed by atoms with Gasteiger partial charge in [-0.25, -0.2) is 22.6 Å². The Balaban J connectivity index is 2.09. The van der Waals surface area contributed by atoms with E-state index in [0.29, 0.717) is 12.5 Å². The van der Waals surface area contributed by atoms with Crippen LogP contribution in [-0.4, -0.2) is 48.3 Å². The molecule has 1 amide bonds. The number of halogens is 3. The number of hydrogen-bond acceptors (Lipinski definition) is 7. The first-order valence-corrected chi connectivity index (χ1v) is 14.2. The maximum atomic E-state index is 13.5. The molecular formula is C27H31F3N4O7S. The van der Waals surface area contributed by atoms with Crippen LogP contribution in [0.4, 0.5) is 18.9 Å². The summed E-state index contributed by atoms with van der Waals surface area (Å²) in [6.07, 6.45) is -4.34. The Bertz CT molecular complexity index is 1600. The summed E-state index contributed by atoms with van der Waals surface area (Å²) in [6.45, 7) is 8.34. The summed E-state index contributed by atoms with van der Waals surface area (Å²) in [4.78, 5) is 24.2. The number of amides is 1. The first-order chi connectivity index (χ1) is 19.5. The number of nitrogens with zero attached hydrogens (tertiary/aromatic N) is 2. The van der Waals surface area contributed by atoms with Gasteiger partial charge in [-0.2, -0.15) is 18.3 Å². The zero-order valence-electron chi connectivity index (χ0n) is 23.7. The maximum absolute atomic E-state index is 13.5. The van der Waals surface area contributed by atoms with Crippen LogP contribution in [0.1, 0.15) is 72.1 Å². The van der Waals surface area contributed by atoms with Gasteiger partial charge in [0.25, 0.3) is 5.91 Å². The Labute approximate surface area is 240 Å². The molecule has 11 nitrogen and oxygen atoms in total. The number of carboxylic acids is 1. The summed E-state index contributed by atoms with van der Waals surface area (Å²) in [6, 6.07) is 5.57. The number of methoxy groups -OCH3 is 1. The highest BCUT2D eigenvalue weighted by Gasteiger charge is 2.35. The summed E-state index contributed by atoms with van der Waals surface area (Å²) in [5.41, 5.74) is -1.67. The van der Waals surface area contributed by atoms with E-state index in [0.717, 1.165) is 25.3 Å². The van der Waals surface area contributed by atoms with Crippen molar-refractivity contribution in [3.63, 3.8) is 0 Å². The molecule has 3 aromatic rings. The summed E-state index contributed by atoms with van der Waals surface area (Å²) in [5.74, 6) is -2.90. The molecule has 0 unspecified atom stereocenters. The molecule has 15 heteroatoms. The van der Waals surface area contributed by atoms with E-state index in [2.05, 4.69) is 15.1 Å².